The van der Waals surface area contributed by atoms with E-state index < -0.39 is 5.97 Å². The summed E-state index contributed by atoms with van der Waals surface area (Å²) in [6.45, 7) is 3.32. The third-order valence-corrected chi connectivity index (χ3v) is 2.99. The fourth-order valence-electron chi connectivity index (χ4n) is 1.86. The smallest absolute Gasteiger partial charge is 0.343 e. The molecule has 5 heteroatoms. The van der Waals surface area contributed by atoms with Crippen LogP contribution in [0.3, 0.4) is 0 Å². The Kier molecular flexibility index (Phi) is 4.78. The lowest BCUT2D eigenvalue weighted by atomic mass is 10.1. The van der Waals surface area contributed by atoms with E-state index in [-0.39, 0.29) is 11.7 Å². The molecule has 2 rings (SSSR count). The minimum Gasteiger partial charge on any atom is -0.497 e. The predicted molar refractivity (Wildman–Crippen MR) is 83.4 cm³/mol. The topological polar surface area (TPSA) is 64.6 Å². The number of aryl methyl sites for hydroxylation is 1. The molecule has 0 atom stereocenters. The minimum absolute atomic E-state index is 0.236. The van der Waals surface area contributed by atoms with Crippen LogP contribution in [0.15, 0.2) is 42.5 Å². The summed E-state index contributed by atoms with van der Waals surface area (Å²) < 4.78 is 10.5. The van der Waals surface area contributed by atoms with Crippen LogP contribution < -0.4 is 14.8 Å². The molecule has 0 aromatic heterocycles. The van der Waals surface area contributed by atoms with Crippen LogP contribution in [-0.4, -0.2) is 19.0 Å². The van der Waals surface area contributed by atoms with Crippen LogP contribution in [0.25, 0.3) is 0 Å². The molecule has 1 N–H and O–H groups in total. The molecule has 5 nitrogen and oxygen atoms in total. The van der Waals surface area contributed by atoms with Crippen molar-refractivity contribution in [2.75, 3.05) is 12.4 Å². The van der Waals surface area contributed by atoms with Crippen molar-refractivity contribution in [1.82, 2.24) is 0 Å². The first-order chi connectivity index (χ1) is 10.5. The molecule has 2 aromatic rings. The van der Waals surface area contributed by atoms with Gasteiger partial charge < -0.3 is 14.8 Å². The van der Waals surface area contributed by atoms with Gasteiger partial charge in [-0.15, -0.1) is 0 Å². The highest BCUT2D eigenvalue weighted by molar-refractivity contribution is 5.94. The number of hydrogen-bond donors (Lipinski definition) is 1. The molecule has 0 radical (unpaired) electrons. The lowest BCUT2D eigenvalue weighted by Gasteiger charge is -2.12. The van der Waals surface area contributed by atoms with Crippen molar-refractivity contribution in [3.8, 4) is 11.5 Å². The number of carbonyl (C=O) groups is 2. The molecule has 0 aliphatic carbocycles. The van der Waals surface area contributed by atoms with Crippen molar-refractivity contribution < 1.29 is 19.1 Å². The van der Waals surface area contributed by atoms with Crippen LogP contribution in [0.5, 0.6) is 11.5 Å². The molecule has 22 heavy (non-hydrogen) atoms. The van der Waals surface area contributed by atoms with E-state index in [1.165, 1.54) is 14.0 Å². The normalized spacial score (nSPS) is 9.95. The fourth-order valence-corrected chi connectivity index (χ4v) is 1.86. The second-order valence-electron chi connectivity index (χ2n) is 4.80. The summed E-state index contributed by atoms with van der Waals surface area (Å²) in [4.78, 5) is 23.4. The van der Waals surface area contributed by atoms with Gasteiger partial charge in [0.15, 0.2) is 5.75 Å². The van der Waals surface area contributed by atoms with Gasteiger partial charge in [-0.2, -0.15) is 0 Å². The highest BCUT2D eigenvalue weighted by Crippen LogP contribution is 2.30. The quantitative estimate of drug-likeness (QED) is 0.695. The van der Waals surface area contributed by atoms with E-state index in [1.54, 1.807) is 30.3 Å². The van der Waals surface area contributed by atoms with E-state index in [0.717, 1.165) is 5.56 Å². The van der Waals surface area contributed by atoms with Gasteiger partial charge in [-0.3, -0.25) is 4.79 Å². The van der Waals surface area contributed by atoms with E-state index in [1.807, 2.05) is 19.1 Å². The second-order valence-corrected chi connectivity index (χ2v) is 4.80. The molecule has 0 spiro atoms. The van der Waals surface area contributed by atoms with Gasteiger partial charge in [0.05, 0.1) is 18.4 Å². The zero-order valence-corrected chi connectivity index (χ0v) is 12.7. The Hall–Kier alpha value is -2.82. The molecule has 2 aromatic carbocycles. The van der Waals surface area contributed by atoms with Crippen LogP contribution in [-0.2, 0) is 4.79 Å². The number of esters is 1. The number of anilines is 1. The fraction of sp³-hybridized carbons (Fsp3) is 0.176. The highest BCUT2D eigenvalue weighted by atomic mass is 16.5. The van der Waals surface area contributed by atoms with Crippen LogP contribution in [0.2, 0.25) is 0 Å². The maximum absolute atomic E-state index is 12.2. The lowest BCUT2D eigenvalue weighted by molar-refractivity contribution is -0.114. The largest absolute Gasteiger partial charge is 0.497 e. The first-order valence-corrected chi connectivity index (χ1v) is 6.74. The number of rotatable bonds is 4. The number of benzene rings is 2. The Morgan fingerprint density at radius 1 is 1.05 bits per heavy atom. The maximum Gasteiger partial charge on any atom is 0.343 e. The monoisotopic (exact) mass is 299 g/mol. The molecule has 0 aliphatic heterocycles. The average Bonchev–Trinajstić information content (AvgIpc) is 2.49. The molecule has 0 saturated heterocycles. The molecular formula is C17H17NO4. The second kappa shape index (κ2) is 6.76. The van der Waals surface area contributed by atoms with Gasteiger partial charge in [-0.25, -0.2) is 4.79 Å². The summed E-state index contributed by atoms with van der Waals surface area (Å²) in [5.74, 6) is 0.0126. The van der Waals surface area contributed by atoms with E-state index >= 15 is 0 Å². The number of amides is 1. The van der Waals surface area contributed by atoms with E-state index in [2.05, 4.69) is 5.32 Å². The van der Waals surface area contributed by atoms with Crippen molar-refractivity contribution in [1.29, 1.82) is 0 Å². The van der Waals surface area contributed by atoms with Crippen LogP contribution in [0.4, 0.5) is 5.69 Å². The Labute approximate surface area is 128 Å². The third-order valence-electron chi connectivity index (χ3n) is 2.99. The van der Waals surface area contributed by atoms with Crippen molar-refractivity contribution in [2.45, 2.75) is 13.8 Å². The van der Waals surface area contributed by atoms with Gasteiger partial charge in [-0.1, -0.05) is 17.7 Å². The standard InChI is InChI=1S/C17H17NO4/c1-11-4-6-13(7-5-11)17(20)22-16-10-14(21-3)8-9-15(16)18-12(2)19/h4-10H,1-3H3,(H,18,19). The average molecular weight is 299 g/mol. The summed E-state index contributed by atoms with van der Waals surface area (Å²) in [5.41, 5.74) is 1.90. The Morgan fingerprint density at radius 2 is 1.73 bits per heavy atom. The summed E-state index contributed by atoms with van der Waals surface area (Å²) in [5, 5.41) is 2.62. The number of hydrogen-bond acceptors (Lipinski definition) is 4. The molecule has 0 fully saturated rings. The molecule has 0 saturated carbocycles. The van der Waals surface area contributed by atoms with Gasteiger partial charge in [-0.05, 0) is 31.2 Å². The van der Waals surface area contributed by atoms with Gasteiger partial charge >= 0.3 is 5.97 Å². The Balaban J connectivity index is 2.27. The molecular weight excluding hydrogens is 282 g/mol. The van der Waals surface area contributed by atoms with E-state index in [4.69, 9.17) is 9.47 Å². The van der Waals surface area contributed by atoms with Crippen LogP contribution in [0.1, 0.15) is 22.8 Å². The summed E-state index contributed by atoms with van der Waals surface area (Å²) in [7, 11) is 1.51. The van der Waals surface area contributed by atoms with Crippen molar-refractivity contribution in [3.05, 3.63) is 53.6 Å². The lowest BCUT2D eigenvalue weighted by Crippen LogP contribution is -2.12. The van der Waals surface area contributed by atoms with Crippen molar-refractivity contribution in [3.63, 3.8) is 0 Å². The number of nitrogens with one attached hydrogen (secondary N) is 1. The first kappa shape index (κ1) is 15.6. The zero-order chi connectivity index (χ0) is 16.1. The van der Waals surface area contributed by atoms with Gasteiger partial charge in [0, 0.05) is 13.0 Å². The van der Waals surface area contributed by atoms with E-state index in [0.29, 0.717) is 17.0 Å². The third kappa shape index (κ3) is 3.85. The van der Waals surface area contributed by atoms with Gasteiger partial charge in [0.25, 0.3) is 0 Å². The van der Waals surface area contributed by atoms with Crippen LogP contribution >= 0.6 is 0 Å². The Morgan fingerprint density at radius 3 is 2.32 bits per heavy atom. The number of methoxy groups -OCH3 is 1. The molecule has 0 bridgehead atoms. The molecule has 0 heterocycles. The zero-order valence-electron chi connectivity index (χ0n) is 12.7. The summed E-state index contributed by atoms with van der Waals surface area (Å²) >= 11 is 0. The first-order valence-electron chi connectivity index (χ1n) is 6.74. The van der Waals surface area contributed by atoms with Crippen LogP contribution in [0, 0.1) is 6.92 Å². The SMILES string of the molecule is COc1ccc(NC(C)=O)c(OC(=O)c2ccc(C)cc2)c1. The minimum atomic E-state index is -0.500. The number of ether oxygens (including phenoxy) is 2. The predicted octanol–water partition coefficient (Wildman–Crippen LogP) is 3.18. The molecule has 1 amide bonds. The maximum atomic E-state index is 12.2. The van der Waals surface area contributed by atoms with Gasteiger partial charge in [0.1, 0.15) is 5.75 Å². The Bertz CT molecular complexity index is 692. The highest BCUT2D eigenvalue weighted by Gasteiger charge is 2.13. The van der Waals surface area contributed by atoms with Crippen molar-refractivity contribution >= 4 is 17.6 Å². The summed E-state index contributed by atoms with van der Waals surface area (Å²) in [6.07, 6.45) is 0. The molecule has 114 valence electrons. The number of carbonyl (C=O) groups excluding carboxylic acids is 2. The van der Waals surface area contributed by atoms with Crippen molar-refractivity contribution in [2.24, 2.45) is 0 Å². The van der Waals surface area contributed by atoms with Gasteiger partial charge in [0.2, 0.25) is 5.91 Å². The summed E-state index contributed by atoms with van der Waals surface area (Å²) in [6, 6.07) is 11.9. The molecule has 0 unspecified atom stereocenters. The molecule has 0 aliphatic rings. The van der Waals surface area contributed by atoms with E-state index in [9.17, 15) is 9.59 Å².